The first-order chi connectivity index (χ1) is 14.4. The van der Waals surface area contributed by atoms with Crippen molar-refractivity contribution in [3.63, 3.8) is 0 Å². The van der Waals surface area contributed by atoms with Crippen LogP contribution in [0.25, 0.3) is 10.6 Å². The second-order valence-electron chi connectivity index (χ2n) is 7.25. The van der Waals surface area contributed by atoms with Crippen LogP contribution < -0.4 is 5.32 Å². The molecule has 1 aromatic carbocycles. The van der Waals surface area contributed by atoms with Crippen molar-refractivity contribution in [2.45, 2.75) is 37.5 Å². The largest absolute Gasteiger partial charge is 0.321 e. The molecule has 0 bridgehead atoms. The molecule has 0 unspecified atom stereocenters. The lowest BCUT2D eigenvalue weighted by atomic mass is 10.2. The predicted octanol–water partition coefficient (Wildman–Crippen LogP) is 5.00. The monoisotopic (exact) mass is 461 g/mol. The minimum absolute atomic E-state index is 0.210. The van der Waals surface area contributed by atoms with Crippen LogP contribution >= 0.6 is 22.7 Å². The summed E-state index contributed by atoms with van der Waals surface area (Å²) in [6.07, 6.45) is 3.88. The lowest BCUT2D eigenvalue weighted by Crippen LogP contribution is -2.32. The van der Waals surface area contributed by atoms with Crippen LogP contribution in [-0.2, 0) is 10.0 Å². The van der Waals surface area contributed by atoms with Gasteiger partial charge in [-0.1, -0.05) is 18.9 Å². The van der Waals surface area contributed by atoms with Crippen LogP contribution in [0, 0.1) is 6.92 Å². The average Bonchev–Trinajstić information content (AvgIpc) is 3.30. The summed E-state index contributed by atoms with van der Waals surface area (Å²) in [5, 5.41) is 7.61. The van der Waals surface area contributed by atoms with E-state index in [0.717, 1.165) is 36.3 Å². The molecule has 1 saturated heterocycles. The molecule has 0 spiro atoms. The molecule has 1 fully saturated rings. The van der Waals surface area contributed by atoms with Gasteiger partial charge in [-0.05, 0) is 49.4 Å². The van der Waals surface area contributed by atoms with E-state index < -0.39 is 10.0 Å². The molecular weight excluding hydrogens is 438 g/mol. The van der Waals surface area contributed by atoms with Gasteiger partial charge in [-0.15, -0.1) is 11.3 Å². The van der Waals surface area contributed by atoms with Crippen molar-refractivity contribution < 1.29 is 13.2 Å². The van der Waals surface area contributed by atoms with Crippen molar-refractivity contribution in [1.29, 1.82) is 0 Å². The van der Waals surface area contributed by atoms with Gasteiger partial charge in [0.05, 0.1) is 10.6 Å². The molecule has 0 radical (unpaired) electrons. The Hall–Kier alpha value is -2.07. The molecule has 0 atom stereocenters. The van der Waals surface area contributed by atoms with E-state index in [9.17, 15) is 13.2 Å². The van der Waals surface area contributed by atoms with Crippen molar-refractivity contribution in [2.24, 2.45) is 0 Å². The van der Waals surface area contributed by atoms with Gasteiger partial charge in [0.2, 0.25) is 10.0 Å². The lowest BCUT2D eigenvalue weighted by molar-refractivity contribution is 0.102. The van der Waals surface area contributed by atoms with E-state index in [2.05, 4.69) is 10.3 Å². The van der Waals surface area contributed by atoms with Crippen LogP contribution in [0.4, 0.5) is 5.69 Å². The standard InChI is InChI=1S/C21H23N3O3S3/c1-15-19(29-21(22-15)16-9-12-28-14-16)20(25)23-17-7-6-8-18(13-17)30(26,27)24-10-4-2-3-5-11-24/h6-9,12-14H,2-5,10-11H2,1H3,(H,23,25). The highest BCUT2D eigenvalue weighted by molar-refractivity contribution is 7.89. The number of rotatable bonds is 5. The third-order valence-corrected chi connectivity index (χ3v) is 8.85. The summed E-state index contributed by atoms with van der Waals surface area (Å²) >= 11 is 2.92. The van der Waals surface area contributed by atoms with Crippen molar-refractivity contribution in [3.05, 3.63) is 51.7 Å². The summed E-state index contributed by atoms with van der Waals surface area (Å²) < 4.78 is 27.6. The number of benzene rings is 1. The molecule has 4 rings (SSSR count). The van der Waals surface area contributed by atoms with Crippen molar-refractivity contribution >= 4 is 44.3 Å². The molecule has 1 aliphatic rings. The number of hydrogen-bond acceptors (Lipinski definition) is 6. The number of thiazole rings is 1. The Bertz CT molecular complexity index is 1130. The second-order valence-corrected chi connectivity index (χ2v) is 11.0. The first kappa shape index (κ1) is 21.2. The van der Waals surface area contributed by atoms with E-state index in [-0.39, 0.29) is 10.8 Å². The minimum atomic E-state index is -3.57. The Morgan fingerprint density at radius 3 is 2.60 bits per heavy atom. The molecule has 1 aliphatic heterocycles. The van der Waals surface area contributed by atoms with Gasteiger partial charge >= 0.3 is 0 Å². The molecule has 30 heavy (non-hydrogen) atoms. The van der Waals surface area contributed by atoms with Gasteiger partial charge in [0.25, 0.3) is 5.91 Å². The van der Waals surface area contributed by atoms with Crippen LogP contribution in [0.15, 0.2) is 46.0 Å². The van der Waals surface area contributed by atoms with Crippen molar-refractivity contribution in [1.82, 2.24) is 9.29 Å². The number of sulfonamides is 1. The first-order valence-electron chi connectivity index (χ1n) is 9.87. The zero-order valence-electron chi connectivity index (χ0n) is 16.6. The molecule has 0 aliphatic carbocycles. The Morgan fingerprint density at radius 2 is 1.90 bits per heavy atom. The highest BCUT2D eigenvalue weighted by Gasteiger charge is 2.25. The maximum absolute atomic E-state index is 13.0. The number of aryl methyl sites for hydroxylation is 1. The van der Waals surface area contributed by atoms with E-state index in [4.69, 9.17) is 0 Å². The molecule has 6 nitrogen and oxygen atoms in total. The topological polar surface area (TPSA) is 79.4 Å². The highest BCUT2D eigenvalue weighted by atomic mass is 32.2. The zero-order valence-corrected chi connectivity index (χ0v) is 19.1. The number of amides is 1. The van der Waals surface area contributed by atoms with Crippen LogP contribution in [0.5, 0.6) is 0 Å². The van der Waals surface area contributed by atoms with E-state index in [1.54, 1.807) is 33.8 Å². The zero-order chi connectivity index (χ0) is 21.1. The lowest BCUT2D eigenvalue weighted by Gasteiger charge is -2.20. The SMILES string of the molecule is Cc1nc(-c2ccsc2)sc1C(=O)Nc1cccc(S(=O)(=O)N2CCCCCC2)c1. The average molecular weight is 462 g/mol. The van der Waals surface area contributed by atoms with E-state index in [0.29, 0.717) is 29.3 Å². The number of nitrogens with zero attached hydrogens (tertiary/aromatic N) is 2. The molecular formula is C21H23N3O3S3. The second kappa shape index (κ2) is 8.97. The minimum Gasteiger partial charge on any atom is -0.321 e. The number of aromatic nitrogens is 1. The van der Waals surface area contributed by atoms with Gasteiger partial charge < -0.3 is 5.32 Å². The van der Waals surface area contributed by atoms with Crippen molar-refractivity contribution in [2.75, 3.05) is 18.4 Å². The molecule has 9 heteroatoms. The Balaban J connectivity index is 1.54. The number of nitrogens with one attached hydrogen (secondary N) is 1. The van der Waals surface area contributed by atoms with Gasteiger partial charge in [0.1, 0.15) is 9.88 Å². The number of thiophene rings is 1. The van der Waals surface area contributed by atoms with E-state index in [1.165, 1.54) is 17.4 Å². The number of carbonyl (C=O) groups excluding carboxylic acids is 1. The molecule has 3 heterocycles. The predicted molar refractivity (Wildman–Crippen MR) is 122 cm³/mol. The fourth-order valence-electron chi connectivity index (χ4n) is 3.47. The maximum atomic E-state index is 13.0. The molecule has 1 amide bonds. The normalized spacial score (nSPS) is 15.6. The molecule has 3 aromatic rings. The van der Waals surface area contributed by atoms with Gasteiger partial charge in [0.15, 0.2) is 0 Å². The fraction of sp³-hybridized carbons (Fsp3) is 0.333. The number of hydrogen-bond donors (Lipinski definition) is 1. The quantitative estimate of drug-likeness (QED) is 0.580. The molecule has 1 N–H and O–H groups in total. The summed E-state index contributed by atoms with van der Waals surface area (Å²) in [6, 6.07) is 8.46. The Kier molecular flexibility index (Phi) is 6.33. The molecule has 158 valence electrons. The maximum Gasteiger partial charge on any atom is 0.267 e. The first-order valence-corrected chi connectivity index (χ1v) is 13.1. The number of carbonyl (C=O) groups is 1. The van der Waals surface area contributed by atoms with Gasteiger partial charge in [-0.25, -0.2) is 13.4 Å². The summed E-state index contributed by atoms with van der Waals surface area (Å²) in [5.74, 6) is -0.282. The van der Waals surface area contributed by atoms with Crippen LogP contribution in [0.3, 0.4) is 0 Å². The summed E-state index contributed by atoms with van der Waals surface area (Å²) in [4.78, 5) is 18.1. The van der Waals surface area contributed by atoms with E-state index >= 15 is 0 Å². The smallest absolute Gasteiger partial charge is 0.267 e. The van der Waals surface area contributed by atoms with Gasteiger partial charge in [0, 0.05) is 29.7 Å². The number of anilines is 1. The van der Waals surface area contributed by atoms with Crippen molar-refractivity contribution in [3.8, 4) is 10.6 Å². The fourth-order valence-corrected chi connectivity index (χ4v) is 6.71. The molecule has 0 saturated carbocycles. The van der Waals surface area contributed by atoms with Crippen LogP contribution in [0.2, 0.25) is 0 Å². The Labute approximate surface area is 184 Å². The van der Waals surface area contributed by atoms with E-state index in [1.807, 2.05) is 23.8 Å². The Morgan fingerprint density at radius 1 is 1.13 bits per heavy atom. The summed E-state index contributed by atoms with van der Waals surface area (Å²) in [5.41, 5.74) is 2.12. The summed E-state index contributed by atoms with van der Waals surface area (Å²) in [6.45, 7) is 2.90. The summed E-state index contributed by atoms with van der Waals surface area (Å²) in [7, 11) is -3.57. The molecule has 2 aromatic heterocycles. The van der Waals surface area contributed by atoms with Gasteiger partial charge in [-0.3, -0.25) is 4.79 Å². The third-order valence-electron chi connectivity index (χ3n) is 5.07. The van der Waals surface area contributed by atoms with Crippen LogP contribution in [-0.4, -0.2) is 36.7 Å². The van der Waals surface area contributed by atoms with Crippen LogP contribution in [0.1, 0.15) is 41.0 Å². The highest BCUT2D eigenvalue weighted by Crippen LogP contribution is 2.30. The van der Waals surface area contributed by atoms with Gasteiger partial charge in [-0.2, -0.15) is 15.6 Å². The third kappa shape index (κ3) is 4.49.